The molecule has 3 N–H and O–H groups in total. The van der Waals surface area contributed by atoms with Gasteiger partial charge in [-0.25, -0.2) is 0 Å². The molecule has 10 aromatic carbocycles. The van der Waals surface area contributed by atoms with Crippen molar-refractivity contribution in [2.24, 2.45) is 0 Å². The van der Waals surface area contributed by atoms with E-state index in [1.165, 1.54) is 115 Å². The predicted octanol–water partition coefficient (Wildman–Crippen LogP) is 14.5. The van der Waals surface area contributed by atoms with Crippen molar-refractivity contribution in [1.29, 1.82) is 0 Å². The lowest BCUT2D eigenvalue weighted by Gasteiger charge is -2.20. The van der Waals surface area contributed by atoms with E-state index in [0.29, 0.717) is 0 Å². The minimum absolute atomic E-state index is 1.15. The Hall–Kier alpha value is -7.36. The molecular formula is C52H31N3. The molecule has 3 nitrogen and oxygen atoms in total. The zero-order chi connectivity index (χ0) is 35.8. The molecule has 3 heterocycles. The van der Waals surface area contributed by atoms with Crippen LogP contribution in [-0.4, -0.2) is 15.0 Å². The Morgan fingerprint density at radius 2 is 0.618 bits per heavy atom. The molecule has 0 aliphatic carbocycles. The molecule has 0 atom stereocenters. The van der Waals surface area contributed by atoms with Gasteiger partial charge in [0.05, 0.1) is 16.6 Å². The average molecular weight is 698 g/mol. The van der Waals surface area contributed by atoms with E-state index in [-0.39, 0.29) is 0 Å². The fourth-order valence-electron chi connectivity index (χ4n) is 9.87. The second-order valence-electron chi connectivity index (χ2n) is 15.0. The molecule has 0 bridgehead atoms. The first-order chi connectivity index (χ1) is 27.3. The SMILES string of the molecule is c1ccc2c(c1)[nH]c1c(-c3ccc4ccc5c(-c6cccc7c6[nH]c6ccccc67)cc(-c6cccc7c6[nH]c6ccccc67)c6ccc3c4c56)cccc12. The fraction of sp³-hybridized carbons (Fsp3) is 0. The highest BCUT2D eigenvalue weighted by molar-refractivity contribution is 6.32. The van der Waals surface area contributed by atoms with E-state index in [1.807, 2.05) is 0 Å². The van der Waals surface area contributed by atoms with E-state index < -0.39 is 0 Å². The fourth-order valence-corrected chi connectivity index (χ4v) is 9.87. The van der Waals surface area contributed by atoms with Gasteiger partial charge in [-0.15, -0.1) is 0 Å². The van der Waals surface area contributed by atoms with E-state index in [4.69, 9.17) is 0 Å². The van der Waals surface area contributed by atoms with Crippen LogP contribution in [0.4, 0.5) is 0 Å². The molecular weight excluding hydrogens is 667 g/mol. The van der Waals surface area contributed by atoms with Crippen LogP contribution in [0, 0.1) is 0 Å². The summed E-state index contributed by atoms with van der Waals surface area (Å²) in [5, 5.41) is 15.1. The molecule has 0 saturated carbocycles. The summed E-state index contributed by atoms with van der Waals surface area (Å²) in [5.74, 6) is 0. The first kappa shape index (κ1) is 29.1. The minimum Gasteiger partial charge on any atom is -0.354 e. The Labute approximate surface area is 314 Å². The topological polar surface area (TPSA) is 47.4 Å². The van der Waals surface area contributed by atoms with Crippen LogP contribution in [-0.2, 0) is 0 Å². The van der Waals surface area contributed by atoms with E-state index >= 15 is 0 Å². The number of H-pyrrole nitrogens is 3. The number of fused-ring (bicyclic) bond motifs is 9. The maximum absolute atomic E-state index is 3.83. The molecule has 3 heteroatoms. The second-order valence-corrected chi connectivity index (χ2v) is 15.0. The zero-order valence-corrected chi connectivity index (χ0v) is 29.7. The normalized spacial score (nSPS) is 12.4. The van der Waals surface area contributed by atoms with E-state index in [1.54, 1.807) is 0 Å². The number of hydrogen-bond acceptors (Lipinski definition) is 0. The van der Waals surface area contributed by atoms with Crippen LogP contribution in [0.3, 0.4) is 0 Å². The maximum atomic E-state index is 3.83. The highest BCUT2D eigenvalue weighted by Gasteiger charge is 2.22. The van der Waals surface area contributed by atoms with Gasteiger partial charge in [0.15, 0.2) is 0 Å². The number of aromatic amines is 3. The Morgan fingerprint density at radius 3 is 1.11 bits per heavy atom. The summed E-state index contributed by atoms with van der Waals surface area (Å²) in [5.41, 5.74) is 14.3. The summed E-state index contributed by atoms with van der Waals surface area (Å²) in [7, 11) is 0. The van der Waals surface area contributed by atoms with Gasteiger partial charge in [0.2, 0.25) is 0 Å². The third kappa shape index (κ3) is 3.89. The number of rotatable bonds is 3. The lowest BCUT2D eigenvalue weighted by atomic mass is 9.83. The van der Waals surface area contributed by atoms with E-state index in [9.17, 15) is 0 Å². The number of para-hydroxylation sites is 6. The van der Waals surface area contributed by atoms with Gasteiger partial charge >= 0.3 is 0 Å². The average Bonchev–Trinajstić information content (AvgIpc) is 3.94. The van der Waals surface area contributed by atoms with Gasteiger partial charge in [-0.2, -0.15) is 0 Å². The summed E-state index contributed by atoms with van der Waals surface area (Å²) >= 11 is 0. The Kier molecular flexibility index (Phi) is 5.63. The molecule has 0 aliphatic heterocycles. The zero-order valence-electron chi connectivity index (χ0n) is 29.7. The summed E-state index contributed by atoms with van der Waals surface area (Å²) in [4.78, 5) is 11.4. The first-order valence-electron chi connectivity index (χ1n) is 19.0. The quantitative estimate of drug-likeness (QED) is 0.154. The van der Waals surface area contributed by atoms with Crippen molar-refractivity contribution in [3.8, 4) is 33.4 Å². The Bertz CT molecular complexity index is 3590. The molecule has 254 valence electrons. The van der Waals surface area contributed by atoms with Gasteiger partial charge in [0.1, 0.15) is 0 Å². The summed E-state index contributed by atoms with van der Waals surface area (Å²) in [6.07, 6.45) is 0. The highest BCUT2D eigenvalue weighted by atomic mass is 14.7. The van der Waals surface area contributed by atoms with Crippen molar-refractivity contribution < 1.29 is 0 Å². The third-order valence-corrected chi connectivity index (χ3v) is 12.3. The van der Waals surface area contributed by atoms with Crippen molar-refractivity contribution in [3.63, 3.8) is 0 Å². The summed E-state index contributed by atoms with van der Waals surface area (Å²) in [6, 6.07) is 62.6. The highest BCUT2D eigenvalue weighted by Crippen LogP contribution is 2.49. The number of benzene rings is 10. The summed E-state index contributed by atoms with van der Waals surface area (Å²) < 4.78 is 0. The standard InChI is InChI=1S/C52H31N3/c1-4-19-45-31(10-1)38-14-7-13-37(50(38)53-45)30-24-22-29-23-25-35-43(41-17-8-15-39-32-11-2-5-20-46(32)54-51(39)41)28-44(36-27-26-34(30)48(29)49(35)36)42-18-9-16-40-33-12-3-6-21-47(33)55-52(40)42/h1-28,53-55H. The van der Waals surface area contributed by atoms with Crippen LogP contribution >= 0.6 is 0 Å². The van der Waals surface area contributed by atoms with E-state index in [2.05, 4.69) is 185 Å². The van der Waals surface area contributed by atoms with Gasteiger partial charge in [0.25, 0.3) is 0 Å². The molecule has 0 fully saturated rings. The van der Waals surface area contributed by atoms with Crippen LogP contribution in [0.5, 0.6) is 0 Å². The molecule has 0 unspecified atom stereocenters. The third-order valence-electron chi connectivity index (χ3n) is 12.3. The van der Waals surface area contributed by atoms with Gasteiger partial charge in [-0.05, 0) is 73.3 Å². The minimum atomic E-state index is 1.15. The Balaban J connectivity index is 1.18. The van der Waals surface area contributed by atoms with Gasteiger partial charge in [-0.3, -0.25) is 0 Å². The number of aromatic nitrogens is 3. The van der Waals surface area contributed by atoms with Crippen molar-refractivity contribution in [2.45, 2.75) is 0 Å². The largest absolute Gasteiger partial charge is 0.354 e. The van der Waals surface area contributed by atoms with Crippen LogP contribution in [0.1, 0.15) is 0 Å². The van der Waals surface area contributed by atoms with E-state index in [0.717, 1.165) is 16.6 Å². The number of nitrogens with one attached hydrogen (secondary N) is 3. The van der Waals surface area contributed by atoms with Gasteiger partial charge in [0, 0.05) is 65.6 Å². The van der Waals surface area contributed by atoms with Crippen molar-refractivity contribution in [2.75, 3.05) is 0 Å². The molecule has 55 heavy (non-hydrogen) atoms. The van der Waals surface area contributed by atoms with Gasteiger partial charge < -0.3 is 15.0 Å². The molecule has 0 aliphatic rings. The van der Waals surface area contributed by atoms with Crippen LogP contribution in [0.15, 0.2) is 170 Å². The van der Waals surface area contributed by atoms with Crippen LogP contribution in [0.25, 0.3) is 131 Å². The monoisotopic (exact) mass is 697 g/mol. The lowest BCUT2D eigenvalue weighted by Crippen LogP contribution is -1.93. The van der Waals surface area contributed by atoms with Crippen LogP contribution < -0.4 is 0 Å². The Morgan fingerprint density at radius 1 is 0.236 bits per heavy atom. The van der Waals surface area contributed by atoms with Crippen LogP contribution in [0.2, 0.25) is 0 Å². The molecule has 13 aromatic rings. The number of hydrogen-bond donors (Lipinski definition) is 3. The van der Waals surface area contributed by atoms with Crippen molar-refractivity contribution >= 4 is 97.7 Å². The van der Waals surface area contributed by atoms with Gasteiger partial charge in [-0.1, -0.05) is 146 Å². The predicted molar refractivity (Wildman–Crippen MR) is 235 cm³/mol. The first-order valence-corrected chi connectivity index (χ1v) is 19.0. The summed E-state index contributed by atoms with van der Waals surface area (Å²) in [6.45, 7) is 0. The molecule has 0 spiro atoms. The molecule has 0 saturated heterocycles. The molecule has 0 amide bonds. The second kappa shape index (κ2) is 10.6. The van der Waals surface area contributed by atoms with Crippen molar-refractivity contribution in [3.05, 3.63) is 170 Å². The maximum Gasteiger partial charge on any atom is 0.0544 e. The molecule has 13 rings (SSSR count). The lowest BCUT2D eigenvalue weighted by molar-refractivity contribution is 1.53. The smallest absolute Gasteiger partial charge is 0.0544 e. The molecule has 3 aromatic heterocycles. The molecule has 0 radical (unpaired) electrons. The van der Waals surface area contributed by atoms with Crippen molar-refractivity contribution in [1.82, 2.24) is 15.0 Å².